The summed E-state index contributed by atoms with van der Waals surface area (Å²) in [4.78, 5) is 32.8. The molecule has 5 nitrogen and oxygen atoms in total. The molecular weight excluding hydrogens is 218 g/mol. The number of aromatic carboxylic acids is 1. The minimum atomic E-state index is -1.17. The normalized spacial score (nSPS) is 9.73. The SMILES string of the molecule is CC(=O)Nc1cc(C(=O)O)c(C(C)=O)s1. The zero-order valence-electron chi connectivity index (χ0n) is 8.16. The van der Waals surface area contributed by atoms with Crippen molar-refractivity contribution in [1.82, 2.24) is 0 Å². The molecule has 2 N–H and O–H groups in total. The Labute approximate surface area is 89.7 Å². The van der Waals surface area contributed by atoms with Gasteiger partial charge < -0.3 is 10.4 Å². The molecule has 1 aromatic heterocycles. The Morgan fingerprint density at radius 1 is 1.33 bits per heavy atom. The van der Waals surface area contributed by atoms with E-state index < -0.39 is 5.97 Å². The van der Waals surface area contributed by atoms with E-state index in [1.807, 2.05) is 0 Å². The van der Waals surface area contributed by atoms with Gasteiger partial charge in [-0.15, -0.1) is 11.3 Å². The number of rotatable bonds is 3. The molecule has 0 aromatic carbocycles. The van der Waals surface area contributed by atoms with Gasteiger partial charge in [-0.3, -0.25) is 9.59 Å². The van der Waals surface area contributed by atoms with Gasteiger partial charge >= 0.3 is 5.97 Å². The number of thiophene rings is 1. The third-order valence-electron chi connectivity index (χ3n) is 1.58. The molecule has 0 atom stereocenters. The van der Waals surface area contributed by atoms with Gasteiger partial charge in [-0.05, 0) is 13.0 Å². The van der Waals surface area contributed by atoms with E-state index in [1.165, 1.54) is 19.9 Å². The van der Waals surface area contributed by atoms with E-state index in [1.54, 1.807) is 0 Å². The first-order valence-electron chi connectivity index (χ1n) is 4.07. The largest absolute Gasteiger partial charge is 0.478 e. The second-order valence-electron chi connectivity index (χ2n) is 2.90. The lowest BCUT2D eigenvalue weighted by Crippen LogP contribution is -2.04. The first-order chi connectivity index (χ1) is 6.91. The molecule has 0 saturated heterocycles. The van der Waals surface area contributed by atoms with Crippen molar-refractivity contribution in [3.8, 4) is 0 Å². The molecule has 0 saturated carbocycles. The zero-order valence-corrected chi connectivity index (χ0v) is 8.97. The Bertz CT molecular complexity index is 404. The summed E-state index contributed by atoms with van der Waals surface area (Å²) in [6.45, 7) is 2.60. The fraction of sp³-hybridized carbons (Fsp3) is 0.222. The molecule has 0 unspecified atom stereocenters. The molecule has 0 fully saturated rings. The molecule has 0 aliphatic heterocycles. The van der Waals surface area contributed by atoms with E-state index in [4.69, 9.17) is 5.11 Å². The topological polar surface area (TPSA) is 83.5 Å². The summed E-state index contributed by atoms with van der Waals surface area (Å²) in [5, 5.41) is 11.6. The summed E-state index contributed by atoms with van der Waals surface area (Å²) < 4.78 is 0. The third kappa shape index (κ3) is 2.63. The molecule has 0 aliphatic rings. The Balaban J connectivity index is 3.15. The van der Waals surface area contributed by atoms with Gasteiger partial charge in [0.15, 0.2) is 5.78 Å². The fourth-order valence-corrected chi connectivity index (χ4v) is 2.04. The summed E-state index contributed by atoms with van der Waals surface area (Å²) in [5.41, 5.74) is -0.0729. The second kappa shape index (κ2) is 4.22. The van der Waals surface area contributed by atoms with Crippen LogP contribution in [-0.2, 0) is 4.79 Å². The maximum atomic E-state index is 11.1. The quantitative estimate of drug-likeness (QED) is 0.768. The van der Waals surface area contributed by atoms with Gasteiger partial charge in [-0.2, -0.15) is 0 Å². The van der Waals surface area contributed by atoms with Crippen molar-refractivity contribution in [3.05, 3.63) is 16.5 Å². The number of hydrogen-bond acceptors (Lipinski definition) is 4. The number of carbonyl (C=O) groups is 3. The van der Waals surface area contributed by atoms with Gasteiger partial charge in [-0.1, -0.05) is 0 Å². The van der Waals surface area contributed by atoms with Crippen LogP contribution >= 0.6 is 11.3 Å². The van der Waals surface area contributed by atoms with Crippen LogP contribution in [0.1, 0.15) is 33.9 Å². The maximum Gasteiger partial charge on any atom is 0.337 e. The minimum absolute atomic E-state index is 0.0729. The molecule has 80 valence electrons. The van der Waals surface area contributed by atoms with E-state index in [2.05, 4.69) is 5.32 Å². The van der Waals surface area contributed by atoms with Crippen LogP contribution in [0.25, 0.3) is 0 Å². The van der Waals surface area contributed by atoms with Gasteiger partial charge in [0.05, 0.1) is 15.4 Å². The van der Waals surface area contributed by atoms with Crippen LogP contribution < -0.4 is 5.32 Å². The third-order valence-corrected chi connectivity index (χ3v) is 2.73. The van der Waals surface area contributed by atoms with E-state index in [9.17, 15) is 14.4 Å². The van der Waals surface area contributed by atoms with Crippen molar-refractivity contribution < 1.29 is 19.5 Å². The second-order valence-corrected chi connectivity index (χ2v) is 3.95. The number of Topliss-reactive ketones (excluding diaryl/α,β-unsaturated/α-hetero) is 1. The van der Waals surface area contributed by atoms with E-state index in [0.29, 0.717) is 5.00 Å². The number of hydrogen-bond donors (Lipinski definition) is 2. The minimum Gasteiger partial charge on any atom is -0.478 e. The maximum absolute atomic E-state index is 11.1. The van der Waals surface area contributed by atoms with Gasteiger partial charge in [0, 0.05) is 6.92 Å². The van der Waals surface area contributed by atoms with Crippen LogP contribution in [0.15, 0.2) is 6.07 Å². The van der Waals surface area contributed by atoms with Gasteiger partial charge in [0.1, 0.15) is 0 Å². The number of carbonyl (C=O) groups excluding carboxylic acids is 2. The highest BCUT2D eigenvalue weighted by Crippen LogP contribution is 2.27. The molecule has 6 heteroatoms. The van der Waals surface area contributed by atoms with Gasteiger partial charge in [-0.25, -0.2) is 4.79 Å². The van der Waals surface area contributed by atoms with E-state index >= 15 is 0 Å². The lowest BCUT2D eigenvalue weighted by Gasteiger charge is -1.93. The van der Waals surface area contributed by atoms with E-state index in [-0.39, 0.29) is 22.1 Å². The number of carboxylic acid groups (broad SMARTS) is 1. The average molecular weight is 227 g/mol. The summed E-state index contributed by atoms with van der Waals surface area (Å²) >= 11 is 0.962. The fourth-order valence-electron chi connectivity index (χ4n) is 1.05. The van der Waals surface area contributed by atoms with Crippen molar-refractivity contribution in [2.24, 2.45) is 0 Å². The summed E-state index contributed by atoms with van der Waals surface area (Å²) in [6.07, 6.45) is 0. The molecular formula is C9H9NO4S. The molecule has 15 heavy (non-hydrogen) atoms. The smallest absolute Gasteiger partial charge is 0.337 e. The van der Waals surface area contributed by atoms with Crippen LogP contribution in [0, 0.1) is 0 Å². The molecule has 0 aliphatic carbocycles. The number of amides is 1. The van der Waals surface area contributed by atoms with E-state index in [0.717, 1.165) is 11.3 Å². The van der Waals surface area contributed by atoms with Crippen LogP contribution in [0.5, 0.6) is 0 Å². The van der Waals surface area contributed by atoms with Crippen molar-refractivity contribution in [2.45, 2.75) is 13.8 Å². The Kier molecular flexibility index (Phi) is 3.21. The highest BCUT2D eigenvalue weighted by atomic mass is 32.1. The Morgan fingerprint density at radius 2 is 1.93 bits per heavy atom. The van der Waals surface area contributed by atoms with Crippen molar-refractivity contribution >= 4 is 34.0 Å². The number of carboxylic acids is 1. The highest BCUT2D eigenvalue weighted by molar-refractivity contribution is 7.18. The highest BCUT2D eigenvalue weighted by Gasteiger charge is 2.18. The molecule has 0 spiro atoms. The molecule has 1 aromatic rings. The number of ketones is 1. The van der Waals surface area contributed by atoms with Crippen molar-refractivity contribution in [2.75, 3.05) is 5.32 Å². The van der Waals surface area contributed by atoms with Crippen LogP contribution in [0.3, 0.4) is 0 Å². The lowest BCUT2D eigenvalue weighted by molar-refractivity contribution is -0.114. The van der Waals surface area contributed by atoms with Crippen molar-refractivity contribution in [1.29, 1.82) is 0 Å². The Morgan fingerprint density at radius 3 is 2.27 bits per heavy atom. The number of nitrogens with one attached hydrogen (secondary N) is 1. The first-order valence-corrected chi connectivity index (χ1v) is 4.89. The monoisotopic (exact) mass is 227 g/mol. The predicted molar refractivity (Wildman–Crippen MR) is 55.6 cm³/mol. The van der Waals surface area contributed by atoms with Gasteiger partial charge in [0.2, 0.25) is 5.91 Å². The lowest BCUT2D eigenvalue weighted by atomic mass is 10.2. The average Bonchev–Trinajstić information content (AvgIpc) is 2.46. The molecule has 1 heterocycles. The van der Waals surface area contributed by atoms with Crippen LogP contribution in [0.2, 0.25) is 0 Å². The number of anilines is 1. The molecule has 0 bridgehead atoms. The van der Waals surface area contributed by atoms with Crippen molar-refractivity contribution in [3.63, 3.8) is 0 Å². The standard InChI is InChI=1S/C9H9NO4S/c1-4(11)8-6(9(13)14)3-7(15-8)10-5(2)12/h3H,1-2H3,(H,10,12)(H,13,14). The van der Waals surface area contributed by atoms with Crippen LogP contribution in [-0.4, -0.2) is 22.8 Å². The Hall–Kier alpha value is -1.69. The summed E-state index contributed by atoms with van der Waals surface area (Å²) in [6, 6.07) is 1.28. The molecule has 1 amide bonds. The first kappa shape index (κ1) is 11.4. The van der Waals surface area contributed by atoms with Crippen LogP contribution in [0.4, 0.5) is 5.00 Å². The molecule has 0 radical (unpaired) electrons. The summed E-state index contributed by atoms with van der Waals surface area (Å²) in [7, 11) is 0. The zero-order chi connectivity index (χ0) is 11.6. The predicted octanol–water partition coefficient (Wildman–Crippen LogP) is 1.61. The summed E-state index contributed by atoms with van der Waals surface area (Å²) in [5.74, 6) is -1.80. The van der Waals surface area contributed by atoms with Gasteiger partial charge in [0.25, 0.3) is 0 Å². The molecule has 1 rings (SSSR count).